The molecule has 1 aromatic rings. The smallest absolute Gasteiger partial charge is 0.411 e. The third-order valence-electron chi connectivity index (χ3n) is 4.50. The van der Waals surface area contributed by atoms with Crippen LogP contribution >= 0.6 is 0 Å². The molecule has 2 unspecified atom stereocenters. The SMILES string of the molecule is Cc1cc(C#N)ccc1C1=CC2COCC(C1)N2C(=O)OC(C)(C)C. The van der Waals surface area contributed by atoms with E-state index in [2.05, 4.69) is 12.1 Å². The number of benzene rings is 1. The second kappa shape index (κ2) is 6.53. The Balaban J connectivity index is 1.89. The zero-order valence-electron chi connectivity index (χ0n) is 15.2. The summed E-state index contributed by atoms with van der Waals surface area (Å²) in [6.07, 6.45) is 2.55. The lowest BCUT2D eigenvalue weighted by atomic mass is 9.87. The predicted octanol–water partition coefficient (Wildman–Crippen LogP) is 3.66. The highest BCUT2D eigenvalue weighted by Gasteiger charge is 2.40. The van der Waals surface area contributed by atoms with Crippen molar-refractivity contribution in [1.29, 1.82) is 5.26 Å². The third-order valence-corrected chi connectivity index (χ3v) is 4.50. The van der Waals surface area contributed by atoms with E-state index in [1.807, 2.05) is 50.8 Å². The van der Waals surface area contributed by atoms with Crippen LogP contribution in [0, 0.1) is 18.3 Å². The van der Waals surface area contributed by atoms with Crippen LogP contribution in [0.4, 0.5) is 4.79 Å². The number of fused-ring (bicyclic) bond motifs is 2. The first kappa shape index (κ1) is 17.5. The van der Waals surface area contributed by atoms with E-state index in [0.29, 0.717) is 18.8 Å². The van der Waals surface area contributed by atoms with Crippen molar-refractivity contribution in [2.24, 2.45) is 0 Å². The fourth-order valence-corrected chi connectivity index (χ4v) is 3.49. The highest BCUT2D eigenvalue weighted by atomic mass is 16.6. The predicted molar refractivity (Wildman–Crippen MR) is 95.0 cm³/mol. The number of amides is 1. The average Bonchev–Trinajstić information content (AvgIpc) is 2.51. The molecule has 5 nitrogen and oxygen atoms in total. The lowest BCUT2D eigenvalue weighted by Crippen LogP contribution is -2.57. The van der Waals surface area contributed by atoms with E-state index in [4.69, 9.17) is 14.7 Å². The highest BCUT2D eigenvalue weighted by Crippen LogP contribution is 2.34. The van der Waals surface area contributed by atoms with Crippen LogP contribution in [-0.4, -0.2) is 41.9 Å². The fourth-order valence-electron chi connectivity index (χ4n) is 3.49. The Morgan fingerprint density at radius 2 is 2.12 bits per heavy atom. The van der Waals surface area contributed by atoms with Crippen LogP contribution in [0.25, 0.3) is 5.57 Å². The van der Waals surface area contributed by atoms with E-state index in [9.17, 15) is 4.79 Å². The molecule has 2 bridgehead atoms. The molecule has 0 aliphatic carbocycles. The van der Waals surface area contributed by atoms with Gasteiger partial charge in [-0.2, -0.15) is 5.26 Å². The molecule has 2 heterocycles. The van der Waals surface area contributed by atoms with Crippen LogP contribution < -0.4 is 0 Å². The van der Waals surface area contributed by atoms with Crippen LogP contribution in [0.2, 0.25) is 0 Å². The normalized spacial score (nSPS) is 22.8. The first-order valence-corrected chi connectivity index (χ1v) is 8.59. The summed E-state index contributed by atoms with van der Waals surface area (Å²) in [6.45, 7) is 8.65. The van der Waals surface area contributed by atoms with Gasteiger partial charge in [0.1, 0.15) is 5.60 Å². The van der Waals surface area contributed by atoms with Crippen molar-refractivity contribution in [2.45, 2.75) is 51.8 Å². The number of hydrogen-bond acceptors (Lipinski definition) is 4. The van der Waals surface area contributed by atoms with Gasteiger partial charge in [0.25, 0.3) is 0 Å². The Bertz CT molecular complexity index is 755. The molecule has 5 heteroatoms. The van der Waals surface area contributed by atoms with E-state index < -0.39 is 5.60 Å². The zero-order valence-corrected chi connectivity index (χ0v) is 15.2. The molecule has 0 radical (unpaired) electrons. The molecule has 1 saturated heterocycles. The molecule has 0 saturated carbocycles. The zero-order chi connectivity index (χ0) is 18.2. The maximum absolute atomic E-state index is 12.6. The number of ether oxygens (including phenoxy) is 2. The number of nitrogens with zero attached hydrogens (tertiary/aromatic N) is 2. The molecule has 25 heavy (non-hydrogen) atoms. The van der Waals surface area contributed by atoms with Gasteiger partial charge < -0.3 is 9.47 Å². The van der Waals surface area contributed by atoms with Gasteiger partial charge in [-0.15, -0.1) is 0 Å². The lowest BCUT2D eigenvalue weighted by molar-refractivity contribution is -0.0510. The fraction of sp³-hybridized carbons (Fsp3) is 0.500. The summed E-state index contributed by atoms with van der Waals surface area (Å²) < 4.78 is 11.2. The first-order valence-electron chi connectivity index (χ1n) is 8.59. The molecule has 132 valence electrons. The minimum absolute atomic E-state index is 0.0244. The quantitative estimate of drug-likeness (QED) is 0.783. The second-order valence-corrected chi connectivity index (χ2v) is 7.68. The molecule has 2 atom stereocenters. The number of morpholine rings is 1. The van der Waals surface area contributed by atoms with Gasteiger partial charge in [0.15, 0.2) is 0 Å². The van der Waals surface area contributed by atoms with Crippen molar-refractivity contribution in [1.82, 2.24) is 4.90 Å². The molecule has 0 aromatic heterocycles. The van der Waals surface area contributed by atoms with Gasteiger partial charge in [-0.1, -0.05) is 12.1 Å². The Labute approximate surface area is 148 Å². The summed E-state index contributed by atoms with van der Waals surface area (Å²) >= 11 is 0. The third kappa shape index (κ3) is 3.69. The number of rotatable bonds is 1. The van der Waals surface area contributed by atoms with Crippen LogP contribution in [0.1, 0.15) is 43.9 Å². The molecule has 1 amide bonds. The Hall–Kier alpha value is -2.32. The minimum atomic E-state index is -0.514. The second-order valence-electron chi connectivity index (χ2n) is 7.68. The van der Waals surface area contributed by atoms with Gasteiger partial charge in [0.05, 0.1) is 36.9 Å². The summed E-state index contributed by atoms with van der Waals surface area (Å²) in [5.41, 5.74) is 3.58. The summed E-state index contributed by atoms with van der Waals surface area (Å²) in [5.74, 6) is 0. The molecule has 0 spiro atoms. The van der Waals surface area contributed by atoms with Gasteiger partial charge in [-0.05, 0) is 62.9 Å². The summed E-state index contributed by atoms with van der Waals surface area (Å²) in [6, 6.07) is 7.78. The molecule has 2 aliphatic rings. The maximum Gasteiger partial charge on any atom is 0.411 e. The lowest BCUT2D eigenvalue weighted by Gasteiger charge is -2.44. The molecule has 2 aliphatic heterocycles. The van der Waals surface area contributed by atoms with Crippen LogP contribution in [0.15, 0.2) is 24.3 Å². The number of carbonyl (C=O) groups is 1. The maximum atomic E-state index is 12.6. The number of nitriles is 1. The van der Waals surface area contributed by atoms with Crippen molar-refractivity contribution < 1.29 is 14.3 Å². The Morgan fingerprint density at radius 1 is 1.36 bits per heavy atom. The van der Waals surface area contributed by atoms with Gasteiger partial charge in [0.2, 0.25) is 0 Å². The van der Waals surface area contributed by atoms with Crippen molar-refractivity contribution in [3.63, 3.8) is 0 Å². The van der Waals surface area contributed by atoms with Crippen LogP contribution in [0.3, 0.4) is 0 Å². The molecular weight excluding hydrogens is 316 g/mol. The Morgan fingerprint density at radius 3 is 2.72 bits per heavy atom. The van der Waals surface area contributed by atoms with Crippen molar-refractivity contribution >= 4 is 11.7 Å². The van der Waals surface area contributed by atoms with E-state index in [1.54, 1.807) is 0 Å². The van der Waals surface area contributed by atoms with Gasteiger partial charge in [0, 0.05) is 0 Å². The highest BCUT2D eigenvalue weighted by molar-refractivity contribution is 5.76. The summed E-state index contributed by atoms with van der Waals surface area (Å²) in [5, 5.41) is 9.04. The van der Waals surface area contributed by atoms with E-state index in [1.165, 1.54) is 5.57 Å². The number of carbonyl (C=O) groups excluding carboxylic acids is 1. The van der Waals surface area contributed by atoms with Crippen molar-refractivity contribution in [3.05, 3.63) is 41.0 Å². The van der Waals surface area contributed by atoms with Crippen molar-refractivity contribution in [2.75, 3.05) is 13.2 Å². The van der Waals surface area contributed by atoms with Crippen LogP contribution in [-0.2, 0) is 9.47 Å². The first-order chi connectivity index (χ1) is 11.8. The van der Waals surface area contributed by atoms with Gasteiger partial charge >= 0.3 is 6.09 Å². The largest absolute Gasteiger partial charge is 0.444 e. The topological polar surface area (TPSA) is 62.6 Å². The molecule has 0 N–H and O–H groups in total. The molecular formula is C20H24N2O3. The molecule has 1 fully saturated rings. The van der Waals surface area contributed by atoms with Crippen LogP contribution in [0.5, 0.6) is 0 Å². The standard InChI is InChI=1S/C20H24N2O3/c1-13-7-14(10-21)5-6-18(13)15-8-16-11-24-12-17(9-15)22(16)19(23)25-20(2,3)4/h5-8,16-17H,9,11-12H2,1-4H3. The summed E-state index contributed by atoms with van der Waals surface area (Å²) in [7, 11) is 0. The van der Waals surface area contributed by atoms with E-state index in [-0.39, 0.29) is 18.2 Å². The average molecular weight is 340 g/mol. The monoisotopic (exact) mass is 340 g/mol. The number of hydrogen-bond donors (Lipinski definition) is 0. The molecule has 1 aromatic carbocycles. The van der Waals surface area contributed by atoms with E-state index in [0.717, 1.165) is 17.5 Å². The van der Waals surface area contributed by atoms with Gasteiger partial charge in [-0.25, -0.2) is 4.79 Å². The number of aryl methyl sites for hydroxylation is 1. The minimum Gasteiger partial charge on any atom is -0.444 e. The molecule has 3 rings (SSSR count). The summed E-state index contributed by atoms with van der Waals surface area (Å²) in [4.78, 5) is 14.4. The van der Waals surface area contributed by atoms with Gasteiger partial charge in [-0.3, -0.25) is 4.90 Å². The van der Waals surface area contributed by atoms with E-state index >= 15 is 0 Å². The Kier molecular flexibility index (Phi) is 4.57. The van der Waals surface area contributed by atoms with Crippen molar-refractivity contribution in [3.8, 4) is 6.07 Å².